The molecular formula is C17H34N2O3. The van der Waals surface area contributed by atoms with Crippen LogP contribution in [0, 0.1) is 5.41 Å². The molecule has 22 heavy (non-hydrogen) atoms. The van der Waals surface area contributed by atoms with Crippen molar-refractivity contribution in [3.63, 3.8) is 0 Å². The molecule has 0 saturated heterocycles. The van der Waals surface area contributed by atoms with Gasteiger partial charge >= 0.3 is 6.09 Å². The van der Waals surface area contributed by atoms with Gasteiger partial charge in [-0.2, -0.15) is 0 Å². The molecule has 2 unspecified atom stereocenters. The van der Waals surface area contributed by atoms with Crippen molar-refractivity contribution in [2.75, 3.05) is 19.6 Å². The number of ether oxygens (including phenoxy) is 1. The molecule has 0 spiro atoms. The van der Waals surface area contributed by atoms with Crippen molar-refractivity contribution in [3.8, 4) is 0 Å². The SMILES string of the molecule is CC(O)CN(CCNC1CCC(C)(C)C1)C(=O)OC(C)(C)C. The second kappa shape index (κ2) is 7.64. The van der Waals surface area contributed by atoms with Gasteiger partial charge in [0.2, 0.25) is 0 Å². The second-order valence-corrected chi connectivity index (χ2v) is 8.33. The Labute approximate surface area is 135 Å². The van der Waals surface area contributed by atoms with E-state index in [4.69, 9.17) is 4.74 Å². The van der Waals surface area contributed by atoms with Crippen LogP contribution in [0.4, 0.5) is 4.79 Å². The Kier molecular flexibility index (Phi) is 6.68. The van der Waals surface area contributed by atoms with E-state index >= 15 is 0 Å². The normalized spacial score (nSPS) is 22.4. The number of carbonyl (C=O) groups is 1. The van der Waals surface area contributed by atoms with E-state index in [9.17, 15) is 9.90 Å². The fraction of sp³-hybridized carbons (Fsp3) is 0.941. The summed E-state index contributed by atoms with van der Waals surface area (Å²) in [6, 6.07) is 0.530. The highest BCUT2D eigenvalue weighted by Crippen LogP contribution is 2.36. The molecule has 1 aliphatic carbocycles. The quantitative estimate of drug-likeness (QED) is 0.791. The number of amides is 1. The summed E-state index contributed by atoms with van der Waals surface area (Å²) in [6.45, 7) is 13.4. The van der Waals surface area contributed by atoms with E-state index < -0.39 is 11.7 Å². The van der Waals surface area contributed by atoms with Crippen LogP contribution in [0.5, 0.6) is 0 Å². The molecule has 1 saturated carbocycles. The monoisotopic (exact) mass is 314 g/mol. The molecule has 2 atom stereocenters. The summed E-state index contributed by atoms with van der Waals surface area (Å²) in [6.07, 6.45) is 2.69. The summed E-state index contributed by atoms with van der Waals surface area (Å²) in [7, 11) is 0. The lowest BCUT2D eigenvalue weighted by Crippen LogP contribution is -2.44. The standard InChI is InChI=1S/C17H34N2O3/c1-13(20)12-19(15(21)22-16(2,3)4)10-9-18-14-7-8-17(5,6)11-14/h13-14,18,20H,7-12H2,1-6H3. The predicted molar refractivity (Wildman–Crippen MR) is 88.9 cm³/mol. The van der Waals surface area contributed by atoms with Gasteiger partial charge in [-0.25, -0.2) is 4.79 Å². The first-order chi connectivity index (χ1) is 9.98. The number of aliphatic hydroxyl groups is 1. The number of rotatable bonds is 6. The average Bonchev–Trinajstić information content (AvgIpc) is 2.65. The Hall–Kier alpha value is -0.810. The zero-order chi connectivity index (χ0) is 17.0. The molecule has 0 aromatic heterocycles. The highest BCUT2D eigenvalue weighted by molar-refractivity contribution is 5.68. The molecule has 2 N–H and O–H groups in total. The molecule has 0 radical (unpaired) electrons. The van der Waals surface area contributed by atoms with Gasteiger partial charge in [-0.05, 0) is 52.4 Å². The summed E-state index contributed by atoms with van der Waals surface area (Å²) >= 11 is 0. The van der Waals surface area contributed by atoms with E-state index in [0.29, 0.717) is 24.5 Å². The average molecular weight is 314 g/mol. The zero-order valence-electron chi connectivity index (χ0n) is 15.1. The summed E-state index contributed by atoms with van der Waals surface area (Å²) in [4.78, 5) is 13.8. The van der Waals surface area contributed by atoms with Crippen molar-refractivity contribution < 1.29 is 14.6 Å². The first-order valence-corrected chi connectivity index (χ1v) is 8.38. The van der Waals surface area contributed by atoms with Crippen molar-refractivity contribution in [3.05, 3.63) is 0 Å². The minimum absolute atomic E-state index is 0.298. The summed E-state index contributed by atoms with van der Waals surface area (Å²) < 4.78 is 5.40. The van der Waals surface area contributed by atoms with Gasteiger partial charge in [0.25, 0.3) is 0 Å². The summed E-state index contributed by atoms with van der Waals surface area (Å²) in [5.41, 5.74) is -0.0982. The van der Waals surface area contributed by atoms with Crippen LogP contribution in [0.15, 0.2) is 0 Å². The van der Waals surface area contributed by atoms with Gasteiger partial charge in [0, 0.05) is 25.7 Å². The van der Waals surface area contributed by atoms with Gasteiger partial charge in [-0.1, -0.05) is 13.8 Å². The fourth-order valence-electron chi connectivity index (χ4n) is 2.92. The number of nitrogens with one attached hydrogen (secondary N) is 1. The van der Waals surface area contributed by atoms with Crippen LogP contribution in [-0.4, -0.2) is 53.5 Å². The Morgan fingerprint density at radius 2 is 2.09 bits per heavy atom. The van der Waals surface area contributed by atoms with E-state index in [0.717, 1.165) is 6.54 Å². The minimum Gasteiger partial charge on any atom is -0.444 e. The van der Waals surface area contributed by atoms with E-state index in [1.165, 1.54) is 19.3 Å². The summed E-state index contributed by atoms with van der Waals surface area (Å²) in [5, 5.41) is 13.1. The van der Waals surface area contributed by atoms with Crippen molar-refractivity contribution in [2.45, 2.75) is 78.6 Å². The molecule has 0 bridgehead atoms. The lowest BCUT2D eigenvalue weighted by molar-refractivity contribution is 0.0163. The molecule has 1 fully saturated rings. The van der Waals surface area contributed by atoms with E-state index in [-0.39, 0.29) is 6.09 Å². The van der Waals surface area contributed by atoms with Gasteiger partial charge in [-0.15, -0.1) is 0 Å². The Morgan fingerprint density at radius 1 is 1.45 bits per heavy atom. The van der Waals surface area contributed by atoms with Gasteiger partial charge in [0.05, 0.1) is 6.10 Å². The Morgan fingerprint density at radius 3 is 2.55 bits per heavy atom. The Bertz CT molecular complexity index is 361. The van der Waals surface area contributed by atoms with Crippen LogP contribution in [0.2, 0.25) is 0 Å². The number of aliphatic hydroxyl groups excluding tert-OH is 1. The molecule has 1 amide bonds. The topological polar surface area (TPSA) is 61.8 Å². The number of carbonyl (C=O) groups excluding carboxylic acids is 1. The van der Waals surface area contributed by atoms with Crippen LogP contribution >= 0.6 is 0 Å². The highest BCUT2D eigenvalue weighted by atomic mass is 16.6. The van der Waals surface area contributed by atoms with Crippen molar-refractivity contribution in [1.29, 1.82) is 0 Å². The third kappa shape index (κ3) is 7.45. The van der Waals surface area contributed by atoms with Crippen LogP contribution in [0.1, 0.15) is 60.8 Å². The van der Waals surface area contributed by atoms with E-state index in [1.807, 2.05) is 20.8 Å². The smallest absolute Gasteiger partial charge is 0.410 e. The van der Waals surface area contributed by atoms with Crippen molar-refractivity contribution in [1.82, 2.24) is 10.2 Å². The molecule has 0 aromatic rings. The molecular weight excluding hydrogens is 280 g/mol. The lowest BCUT2D eigenvalue weighted by Gasteiger charge is -2.28. The van der Waals surface area contributed by atoms with Crippen LogP contribution < -0.4 is 5.32 Å². The molecule has 1 aliphatic rings. The maximum atomic E-state index is 12.2. The molecule has 130 valence electrons. The van der Waals surface area contributed by atoms with Crippen LogP contribution in [0.3, 0.4) is 0 Å². The van der Waals surface area contributed by atoms with Crippen LogP contribution in [0.25, 0.3) is 0 Å². The third-order valence-corrected chi connectivity index (χ3v) is 3.92. The van der Waals surface area contributed by atoms with Gasteiger partial charge < -0.3 is 20.1 Å². The van der Waals surface area contributed by atoms with Gasteiger partial charge in [0.15, 0.2) is 0 Å². The summed E-state index contributed by atoms with van der Waals surface area (Å²) in [5.74, 6) is 0. The molecule has 0 heterocycles. The van der Waals surface area contributed by atoms with Crippen molar-refractivity contribution >= 4 is 6.09 Å². The van der Waals surface area contributed by atoms with Crippen molar-refractivity contribution in [2.24, 2.45) is 5.41 Å². The molecule has 0 aromatic carbocycles. The van der Waals surface area contributed by atoms with E-state index in [1.54, 1.807) is 11.8 Å². The minimum atomic E-state index is -0.557. The zero-order valence-corrected chi connectivity index (χ0v) is 15.1. The predicted octanol–water partition coefficient (Wildman–Crippen LogP) is 2.77. The lowest BCUT2D eigenvalue weighted by atomic mass is 9.92. The Balaban J connectivity index is 2.43. The van der Waals surface area contributed by atoms with Crippen LogP contribution in [-0.2, 0) is 4.74 Å². The number of hydrogen-bond donors (Lipinski definition) is 2. The fourth-order valence-corrected chi connectivity index (χ4v) is 2.92. The van der Waals surface area contributed by atoms with Gasteiger partial charge in [0.1, 0.15) is 5.60 Å². The number of hydrogen-bond acceptors (Lipinski definition) is 4. The maximum absolute atomic E-state index is 12.2. The largest absolute Gasteiger partial charge is 0.444 e. The molecule has 5 heteroatoms. The molecule has 0 aliphatic heterocycles. The first kappa shape index (κ1) is 19.2. The molecule has 1 rings (SSSR count). The first-order valence-electron chi connectivity index (χ1n) is 8.38. The van der Waals surface area contributed by atoms with Gasteiger partial charge in [-0.3, -0.25) is 0 Å². The van der Waals surface area contributed by atoms with E-state index in [2.05, 4.69) is 19.2 Å². The number of nitrogens with zero attached hydrogens (tertiary/aromatic N) is 1. The molecule has 5 nitrogen and oxygen atoms in total. The third-order valence-electron chi connectivity index (χ3n) is 3.92. The maximum Gasteiger partial charge on any atom is 0.410 e. The highest BCUT2D eigenvalue weighted by Gasteiger charge is 2.30. The second-order valence-electron chi connectivity index (χ2n) is 8.33.